The Bertz CT molecular complexity index is 524. The minimum absolute atomic E-state index is 0.251. The lowest BCUT2D eigenvalue weighted by atomic mass is 10.1. The number of nitrogens with one attached hydrogen (secondary N) is 1. The molecule has 1 aromatic carbocycles. The number of methoxy groups -OCH3 is 1. The fourth-order valence-corrected chi connectivity index (χ4v) is 3.84. The topological polar surface area (TPSA) is 55.4 Å². The maximum atomic E-state index is 11.9. The van der Waals surface area contributed by atoms with E-state index in [0.29, 0.717) is 15.8 Å². The van der Waals surface area contributed by atoms with E-state index in [2.05, 4.69) is 10.1 Å². The Kier molecular flexibility index (Phi) is 4.84. The third-order valence-electron chi connectivity index (χ3n) is 2.93. The number of carbonyl (C=O) groups excluding carboxylic acids is 1. The second kappa shape index (κ2) is 6.22. The van der Waals surface area contributed by atoms with E-state index in [9.17, 15) is 9.00 Å². The second-order valence-electron chi connectivity index (χ2n) is 4.23. The van der Waals surface area contributed by atoms with E-state index >= 15 is 0 Å². The fourth-order valence-electron chi connectivity index (χ4n) is 2.02. The van der Waals surface area contributed by atoms with E-state index in [1.165, 1.54) is 7.11 Å². The highest BCUT2D eigenvalue weighted by Crippen LogP contribution is 2.29. The third kappa shape index (κ3) is 3.48. The molecular formula is C12H13Cl2NO3S. The number of hydrogen-bond acceptors (Lipinski definition) is 4. The number of esters is 1. The molecule has 0 aliphatic carbocycles. The summed E-state index contributed by atoms with van der Waals surface area (Å²) in [4.78, 5) is 11.6. The summed E-state index contributed by atoms with van der Waals surface area (Å²) in [7, 11) is 0.205. The standard InChI is InChI=1S/C12H13Cl2NO3S/c1-18-12(16)11-6-19(17)5-10(15-11)8-4-7(13)2-3-9(8)14/h2-4,10-11,15H,5-6H2,1H3. The molecule has 0 bridgehead atoms. The van der Waals surface area contributed by atoms with Crippen molar-refractivity contribution in [1.82, 2.24) is 5.32 Å². The molecule has 1 aliphatic rings. The molecule has 19 heavy (non-hydrogen) atoms. The Morgan fingerprint density at radius 1 is 1.42 bits per heavy atom. The molecule has 3 unspecified atom stereocenters. The number of halogens is 2. The van der Waals surface area contributed by atoms with E-state index in [-0.39, 0.29) is 11.8 Å². The second-order valence-corrected chi connectivity index (χ2v) is 6.62. The Morgan fingerprint density at radius 3 is 2.84 bits per heavy atom. The van der Waals surface area contributed by atoms with Crippen molar-refractivity contribution < 1.29 is 13.7 Å². The lowest BCUT2D eigenvalue weighted by molar-refractivity contribution is -0.142. The van der Waals surface area contributed by atoms with Crippen LogP contribution in [0.5, 0.6) is 0 Å². The highest BCUT2D eigenvalue weighted by molar-refractivity contribution is 7.85. The molecule has 4 nitrogen and oxygen atoms in total. The third-order valence-corrected chi connectivity index (χ3v) is 4.92. The van der Waals surface area contributed by atoms with Crippen LogP contribution in [-0.2, 0) is 20.3 Å². The summed E-state index contributed by atoms with van der Waals surface area (Å²) >= 11 is 12.1. The van der Waals surface area contributed by atoms with Crippen LogP contribution in [0.25, 0.3) is 0 Å². The summed E-state index contributed by atoms with van der Waals surface area (Å²) in [6, 6.07) is 4.24. The molecule has 104 valence electrons. The molecular weight excluding hydrogens is 309 g/mol. The van der Waals surface area contributed by atoms with Crippen LogP contribution in [0.1, 0.15) is 11.6 Å². The van der Waals surface area contributed by atoms with Crippen LogP contribution in [-0.4, -0.2) is 34.8 Å². The molecule has 1 N–H and O–H groups in total. The Morgan fingerprint density at radius 2 is 2.16 bits per heavy atom. The summed E-state index contributed by atoms with van der Waals surface area (Å²) in [6.07, 6.45) is 0. The number of ether oxygens (including phenoxy) is 1. The zero-order valence-corrected chi connectivity index (χ0v) is 12.5. The summed E-state index contributed by atoms with van der Waals surface area (Å²) in [5.74, 6) is 0.228. The number of rotatable bonds is 2. The molecule has 0 aromatic heterocycles. The minimum Gasteiger partial charge on any atom is -0.468 e. The average Bonchev–Trinajstić information content (AvgIpc) is 2.39. The van der Waals surface area contributed by atoms with Crippen molar-refractivity contribution in [2.45, 2.75) is 12.1 Å². The Balaban J connectivity index is 2.26. The van der Waals surface area contributed by atoms with Gasteiger partial charge in [0.2, 0.25) is 0 Å². The van der Waals surface area contributed by atoms with Crippen molar-refractivity contribution in [1.29, 1.82) is 0 Å². The van der Waals surface area contributed by atoms with Gasteiger partial charge in [0.05, 0.1) is 7.11 Å². The van der Waals surface area contributed by atoms with Gasteiger partial charge < -0.3 is 4.74 Å². The summed E-state index contributed by atoms with van der Waals surface area (Å²) < 4.78 is 16.5. The molecule has 1 heterocycles. The van der Waals surface area contributed by atoms with Gasteiger partial charge in [-0.25, -0.2) is 0 Å². The number of benzene rings is 1. The highest BCUT2D eigenvalue weighted by Gasteiger charge is 2.32. The molecule has 1 aromatic rings. The number of hydrogen-bond donors (Lipinski definition) is 1. The Hall–Kier alpha value is -0.620. The van der Waals surface area contributed by atoms with Crippen molar-refractivity contribution >= 4 is 40.0 Å². The van der Waals surface area contributed by atoms with Gasteiger partial charge >= 0.3 is 5.97 Å². The van der Waals surface area contributed by atoms with E-state index < -0.39 is 22.8 Å². The van der Waals surface area contributed by atoms with Crippen molar-refractivity contribution in [3.05, 3.63) is 33.8 Å². The van der Waals surface area contributed by atoms with Gasteiger partial charge in [0.1, 0.15) is 6.04 Å². The fraction of sp³-hybridized carbons (Fsp3) is 0.417. The van der Waals surface area contributed by atoms with E-state index in [0.717, 1.165) is 5.56 Å². The molecule has 0 saturated carbocycles. The first-order chi connectivity index (χ1) is 9.01. The SMILES string of the molecule is COC(=O)C1CS(=O)CC(c2cc(Cl)ccc2Cl)N1. The lowest BCUT2D eigenvalue weighted by Crippen LogP contribution is -2.49. The van der Waals surface area contributed by atoms with Crippen molar-refractivity contribution in [2.24, 2.45) is 0 Å². The normalized spacial score (nSPS) is 27.0. The van der Waals surface area contributed by atoms with Gasteiger partial charge in [-0.1, -0.05) is 23.2 Å². The maximum Gasteiger partial charge on any atom is 0.323 e. The Labute approximate surface area is 123 Å². The van der Waals surface area contributed by atoms with Gasteiger partial charge in [-0.3, -0.25) is 14.3 Å². The van der Waals surface area contributed by atoms with Crippen LogP contribution in [0.15, 0.2) is 18.2 Å². The smallest absolute Gasteiger partial charge is 0.323 e. The first-order valence-corrected chi connectivity index (χ1v) is 7.89. The van der Waals surface area contributed by atoms with Gasteiger partial charge in [0, 0.05) is 38.4 Å². The predicted molar refractivity (Wildman–Crippen MR) is 76.0 cm³/mol. The highest BCUT2D eigenvalue weighted by atomic mass is 35.5. The van der Waals surface area contributed by atoms with Gasteiger partial charge in [0.25, 0.3) is 0 Å². The molecule has 1 fully saturated rings. The van der Waals surface area contributed by atoms with Crippen LogP contribution >= 0.6 is 23.2 Å². The van der Waals surface area contributed by atoms with Crippen molar-refractivity contribution in [2.75, 3.05) is 18.6 Å². The molecule has 7 heteroatoms. The number of carbonyl (C=O) groups is 1. The van der Waals surface area contributed by atoms with E-state index in [4.69, 9.17) is 23.2 Å². The van der Waals surface area contributed by atoms with Gasteiger partial charge in [0.15, 0.2) is 0 Å². The largest absolute Gasteiger partial charge is 0.468 e. The zero-order valence-electron chi connectivity index (χ0n) is 10.2. The molecule has 2 rings (SSSR count). The molecule has 3 atom stereocenters. The quantitative estimate of drug-likeness (QED) is 0.846. The molecule has 0 radical (unpaired) electrons. The molecule has 0 spiro atoms. The maximum absolute atomic E-state index is 11.9. The van der Waals surface area contributed by atoms with E-state index in [1.807, 2.05) is 0 Å². The monoisotopic (exact) mass is 321 g/mol. The van der Waals surface area contributed by atoms with Gasteiger partial charge in [-0.15, -0.1) is 0 Å². The van der Waals surface area contributed by atoms with Crippen LogP contribution in [0.3, 0.4) is 0 Å². The van der Waals surface area contributed by atoms with Crippen LogP contribution in [0.4, 0.5) is 0 Å². The minimum atomic E-state index is -1.10. The summed E-state index contributed by atoms with van der Waals surface area (Å²) in [5, 5.41) is 4.19. The summed E-state index contributed by atoms with van der Waals surface area (Å²) in [5.41, 5.74) is 0.746. The van der Waals surface area contributed by atoms with Crippen LogP contribution in [0.2, 0.25) is 10.0 Å². The first kappa shape index (κ1) is 14.8. The zero-order chi connectivity index (χ0) is 14.0. The predicted octanol–water partition coefficient (Wildman–Crippen LogP) is 1.93. The molecule has 1 aliphatic heterocycles. The molecule has 1 saturated heterocycles. The summed E-state index contributed by atoms with van der Waals surface area (Å²) in [6.45, 7) is 0. The lowest BCUT2D eigenvalue weighted by Gasteiger charge is -2.29. The van der Waals surface area contributed by atoms with Gasteiger partial charge in [-0.05, 0) is 23.8 Å². The van der Waals surface area contributed by atoms with Crippen molar-refractivity contribution in [3.63, 3.8) is 0 Å². The first-order valence-electron chi connectivity index (χ1n) is 5.65. The molecule has 0 amide bonds. The van der Waals surface area contributed by atoms with Crippen LogP contribution < -0.4 is 5.32 Å². The van der Waals surface area contributed by atoms with Gasteiger partial charge in [-0.2, -0.15) is 0 Å². The van der Waals surface area contributed by atoms with E-state index in [1.54, 1.807) is 18.2 Å². The van der Waals surface area contributed by atoms with Crippen LogP contribution in [0, 0.1) is 0 Å². The average molecular weight is 322 g/mol. The van der Waals surface area contributed by atoms with Crippen molar-refractivity contribution in [3.8, 4) is 0 Å².